The Morgan fingerprint density at radius 3 is 2.67 bits per heavy atom. The monoisotopic (exact) mass is 324 g/mol. The molecule has 1 aliphatic heterocycles. The van der Waals surface area contributed by atoms with Crippen molar-refractivity contribution < 1.29 is 4.79 Å². The molecule has 0 bridgehead atoms. The maximum atomic E-state index is 12.7. The molecule has 1 aromatic carbocycles. The maximum absolute atomic E-state index is 12.7. The van der Waals surface area contributed by atoms with E-state index < -0.39 is 0 Å². The number of carbonyl (C=O) groups excluding carboxylic acids is 1. The summed E-state index contributed by atoms with van der Waals surface area (Å²) in [6, 6.07) is 10.3. The number of hydrogen-bond donors (Lipinski definition) is 1. The summed E-state index contributed by atoms with van der Waals surface area (Å²) < 4.78 is 1.81. The van der Waals surface area contributed by atoms with Gasteiger partial charge in [-0.15, -0.1) is 0 Å². The molecule has 2 aromatic rings. The molecule has 5 nitrogen and oxygen atoms in total. The lowest BCUT2D eigenvalue weighted by Gasteiger charge is -2.22. The fourth-order valence-corrected chi connectivity index (χ4v) is 3.55. The van der Waals surface area contributed by atoms with E-state index in [0.717, 1.165) is 43.2 Å². The van der Waals surface area contributed by atoms with E-state index in [-0.39, 0.29) is 11.9 Å². The maximum Gasteiger partial charge on any atom is 0.241 e. The summed E-state index contributed by atoms with van der Waals surface area (Å²) in [5.41, 5.74) is 3.31. The van der Waals surface area contributed by atoms with Crippen LogP contribution in [-0.4, -0.2) is 33.2 Å². The minimum absolute atomic E-state index is 0.0601. The molecule has 126 valence electrons. The zero-order chi connectivity index (χ0) is 16.5. The smallest absolute Gasteiger partial charge is 0.241 e. The first-order valence-corrected chi connectivity index (χ1v) is 8.82. The van der Waals surface area contributed by atoms with Crippen LogP contribution in [0.15, 0.2) is 36.5 Å². The Hall–Kier alpha value is -2.14. The molecule has 2 heterocycles. The third kappa shape index (κ3) is 3.36. The highest BCUT2D eigenvalue weighted by Gasteiger charge is 2.31. The van der Waals surface area contributed by atoms with E-state index in [2.05, 4.69) is 27.4 Å². The van der Waals surface area contributed by atoms with Gasteiger partial charge in [-0.05, 0) is 61.9 Å². The van der Waals surface area contributed by atoms with Gasteiger partial charge in [0.15, 0.2) is 0 Å². The van der Waals surface area contributed by atoms with E-state index in [1.165, 1.54) is 18.4 Å². The number of aryl methyl sites for hydroxylation is 1. The van der Waals surface area contributed by atoms with Crippen LogP contribution in [0.2, 0.25) is 0 Å². The van der Waals surface area contributed by atoms with Crippen LogP contribution >= 0.6 is 0 Å². The van der Waals surface area contributed by atoms with Crippen LogP contribution < -0.4 is 5.32 Å². The Labute approximate surface area is 142 Å². The molecule has 1 saturated carbocycles. The summed E-state index contributed by atoms with van der Waals surface area (Å²) in [6.07, 6.45) is 6.53. The van der Waals surface area contributed by atoms with Gasteiger partial charge in [-0.2, -0.15) is 5.10 Å². The van der Waals surface area contributed by atoms with Crippen LogP contribution in [0.5, 0.6) is 0 Å². The van der Waals surface area contributed by atoms with Crippen molar-refractivity contribution in [2.24, 2.45) is 7.05 Å². The number of carbonyl (C=O) groups is 1. The van der Waals surface area contributed by atoms with Crippen molar-refractivity contribution in [3.63, 3.8) is 0 Å². The van der Waals surface area contributed by atoms with Crippen molar-refractivity contribution in [3.8, 4) is 0 Å². The quantitative estimate of drug-likeness (QED) is 0.920. The minimum Gasteiger partial charge on any atom is -0.325 e. The normalized spacial score (nSPS) is 21.1. The summed E-state index contributed by atoms with van der Waals surface area (Å²) in [6.45, 7) is 1.69. The molecule has 1 amide bonds. The van der Waals surface area contributed by atoms with Crippen LogP contribution in [0.4, 0.5) is 5.69 Å². The Morgan fingerprint density at radius 1 is 1.21 bits per heavy atom. The largest absolute Gasteiger partial charge is 0.325 e. The van der Waals surface area contributed by atoms with Gasteiger partial charge >= 0.3 is 0 Å². The summed E-state index contributed by atoms with van der Waals surface area (Å²) in [7, 11) is 1.92. The first kappa shape index (κ1) is 15.4. The van der Waals surface area contributed by atoms with Crippen molar-refractivity contribution in [3.05, 3.63) is 47.8 Å². The average Bonchev–Trinajstić information content (AvgIpc) is 3.19. The fraction of sp³-hybridized carbons (Fsp3) is 0.474. The van der Waals surface area contributed by atoms with Crippen molar-refractivity contribution in [2.75, 3.05) is 11.9 Å². The number of likely N-dealkylation sites (tertiary alicyclic amines) is 1. The SMILES string of the molecule is Cn1ccc(CN2CCC[C@@H]2C(=O)Nc2ccc(C3CC3)cc2)n1. The molecule has 2 fully saturated rings. The van der Waals surface area contributed by atoms with Crippen molar-refractivity contribution in [1.82, 2.24) is 14.7 Å². The molecule has 4 rings (SSSR count). The number of benzene rings is 1. The summed E-state index contributed by atoms with van der Waals surface area (Å²) >= 11 is 0. The Kier molecular flexibility index (Phi) is 4.10. The lowest BCUT2D eigenvalue weighted by molar-refractivity contribution is -0.120. The second-order valence-corrected chi connectivity index (χ2v) is 6.99. The van der Waals surface area contributed by atoms with Gasteiger partial charge in [0.2, 0.25) is 5.91 Å². The van der Waals surface area contributed by atoms with E-state index >= 15 is 0 Å². The summed E-state index contributed by atoms with van der Waals surface area (Å²) in [5, 5.41) is 7.51. The number of nitrogens with zero attached hydrogens (tertiary/aromatic N) is 3. The van der Waals surface area contributed by atoms with E-state index in [4.69, 9.17) is 0 Å². The molecule has 5 heteroatoms. The van der Waals surface area contributed by atoms with Crippen molar-refractivity contribution in [2.45, 2.75) is 44.2 Å². The van der Waals surface area contributed by atoms with Gasteiger partial charge in [-0.3, -0.25) is 14.4 Å². The highest BCUT2D eigenvalue weighted by Crippen LogP contribution is 2.40. The number of hydrogen-bond acceptors (Lipinski definition) is 3. The average molecular weight is 324 g/mol. The van der Waals surface area contributed by atoms with Gasteiger partial charge in [0.05, 0.1) is 11.7 Å². The molecule has 0 spiro atoms. The molecule has 1 N–H and O–H groups in total. The molecule has 1 saturated heterocycles. The number of aromatic nitrogens is 2. The van der Waals surface area contributed by atoms with Gasteiger partial charge in [0.1, 0.15) is 0 Å². The molecule has 0 radical (unpaired) electrons. The zero-order valence-corrected chi connectivity index (χ0v) is 14.1. The standard InChI is InChI=1S/C19H24N4O/c1-22-12-10-17(21-22)13-23-11-2-3-18(23)19(24)20-16-8-6-15(7-9-16)14-4-5-14/h6-10,12,14,18H,2-5,11,13H2,1H3,(H,20,24)/t18-/m1/s1. The predicted octanol–water partition coefficient (Wildman–Crippen LogP) is 2.90. The van der Waals surface area contributed by atoms with E-state index in [1.807, 2.05) is 36.1 Å². The number of anilines is 1. The van der Waals surface area contributed by atoms with Crippen LogP contribution in [0.3, 0.4) is 0 Å². The van der Waals surface area contributed by atoms with Crippen molar-refractivity contribution in [1.29, 1.82) is 0 Å². The van der Waals surface area contributed by atoms with E-state index in [9.17, 15) is 4.79 Å². The lowest BCUT2D eigenvalue weighted by atomic mass is 10.1. The number of nitrogens with one attached hydrogen (secondary N) is 1. The third-order valence-corrected chi connectivity index (χ3v) is 5.03. The van der Waals surface area contributed by atoms with Gasteiger partial charge in [-0.1, -0.05) is 12.1 Å². The minimum atomic E-state index is -0.0601. The third-order valence-electron chi connectivity index (χ3n) is 5.03. The second-order valence-electron chi connectivity index (χ2n) is 6.99. The van der Waals surface area contributed by atoms with E-state index in [1.54, 1.807) is 0 Å². The van der Waals surface area contributed by atoms with Gasteiger partial charge in [-0.25, -0.2) is 0 Å². The molecular formula is C19H24N4O. The molecule has 0 unspecified atom stereocenters. The highest BCUT2D eigenvalue weighted by atomic mass is 16.2. The first-order valence-electron chi connectivity index (χ1n) is 8.82. The molecule has 24 heavy (non-hydrogen) atoms. The Morgan fingerprint density at radius 2 is 2.00 bits per heavy atom. The molecule has 1 atom stereocenters. The Balaban J connectivity index is 1.38. The lowest BCUT2D eigenvalue weighted by Crippen LogP contribution is -2.39. The van der Waals surface area contributed by atoms with Crippen molar-refractivity contribution >= 4 is 11.6 Å². The molecule has 1 aromatic heterocycles. The molecule has 2 aliphatic rings. The number of amides is 1. The fourth-order valence-electron chi connectivity index (χ4n) is 3.55. The van der Waals surface area contributed by atoms with Crippen LogP contribution in [0, 0.1) is 0 Å². The molecular weight excluding hydrogens is 300 g/mol. The number of rotatable bonds is 5. The summed E-state index contributed by atoms with van der Waals surface area (Å²) in [4.78, 5) is 14.9. The first-order chi connectivity index (χ1) is 11.7. The van der Waals surface area contributed by atoms with Gasteiger partial charge < -0.3 is 5.32 Å². The van der Waals surface area contributed by atoms with Crippen LogP contribution in [0.25, 0.3) is 0 Å². The Bertz CT molecular complexity index is 717. The van der Waals surface area contributed by atoms with E-state index in [0.29, 0.717) is 0 Å². The zero-order valence-electron chi connectivity index (χ0n) is 14.1. The van der Waals surface area contributed by atoms with Crippen LogP contribution in [-0.2, 0) is 18.4 Å². The topological polar surface area (TPSA) is 50.2 Å². The predicted molar refractivity (Wildman–Crippen MR) is 93.7 cm³/mol. The highest BCUT2D eigenvalue weighted by molar-refractivity contribution is 5.95. The van der Waals surface area contributed by atoms with Crippen LogP contribution in [0.1, 0.15) is 42.9 Å². The van der Waals surface area contributed by atoms with Gasteiger partial charge in [0, 0.05) is 25.5 Å². The van der Waals surface area contributed by atoms with Gasteiger partial charge in [0.25, 0.3) is 0 Å². The summed E-state index contributed by atoms with van der Waals surface area (Å²) in [5.74, 6) is 0.848. The molecule has 1 aliphatic carbocycles. The second kappa shape index (κ2) is 6.40.